The molecule has 0 amide bonds. The molecule has 0 saturated carbocycles. The van der Waals surface area contributed by atoms with E-state index < -0.39 is 40.6 Å². The summed E-state index contributed by atoms with van der Waals surface area (Å²) in [7, 11) is -8.46. The first kappa shape index (κ1) is 13.2. The topological polar surface area (TPSA) is 141 Å². The van der Waals surface area contributed by atoms with Crippen LogP contribution in [0, 0.1) is 0 Å². The van der Waals surface area contributed by atoms with Gasteiger partial charge >= 0.3 is 0 Å². The molecule has 0 spiro atoms. The number of sulfonamides is 2. The van der Waals surface area contributed by atoms with Crippen LogP contribution in [0.4, 0.5) is 0 Å². The summed E-state index contributed by atoms with van der Waals surface area (Å²) in [6.45, 7) is 0. The van der Waals surface area contributed by atoms with Gasteiger partial charge in [-0.15, -0.1) is 0 Å². The van der Waals surface area contributed by atoms with Gasteiger partial charge in [0.25, 0.3) is 0 Å². The summed E-state index contributed by atoms with van der Waals surface area (Å²) in [5.41, 5.74) is 0. The number of rotatable bonds is 2. The second-order valence-corrected chi connectivity index (χ2v) is 6.31. The first-order chi connectivity index (χ1) is 7.03. The Balaban J connectivity index is 3.72. The predicted molar refractivity (Wildman–Crippen MR) is 55.9 cm³/mol. The molecule has 0 atom stereocenters. The van der Waals surface area contributed by atoms with Gasteiger partial charge in [-0.2, -0.15) is 0 Å². The number of halogens is 1. The van der Waals surface area contributed by atoms with Crippen molar-refractivity contribution in [2.45, 2.75) is 9.79 Å². The van der Waals surface area contributed by atoms with Crippen molar-refractivity contribution in [3.8, 4) is 5.75 Å². The average Bonchev–Trinajstić information content (AvgIpc) is 1.97. The Morgan fingerprint density at radius 3 is 1.81 bits per heavy atom. The molecule has 0 unspecified atom stereocenters. The standard InChI is InChI=1S/C6H7ClN2O5S2/c7-3-1-4(10)6(16(9,13)14)2-5(3)15(8,11)12/h1-2,10H,(H2,8,11,12)(H2,9,13,14). The summed E-state index contributed by atoms with van der Waals surface area (Å²) in [6.07, 6.45) is 0. The first-order valence-corrected chi connectivity index (χ1v) is 7.08. The lowest BCUT2D eigenvalue weighted by Gasteiger charge is -2.06. The molecule has 1 rings (SSSR count). The maximum atomic E-state index is 11.0. The van der Waals surface area contributed by atoms with E-state index in [4.69, 9.17) is 21.9 Å². The highest BCUT2D eigenvalue weighted by molar-refractivity contribution is 7.90. The quantitative estimate of drug-likeness (QED) is 0.662. The van der Waals surface area contributed by atoms with Crippen LogP contribution in [0.3, 0.4) is 0 Å². The number of nitrogens with two attached hydrogens (primary N) is 2. The molecule has 0 aromatic heterocycles. The Kier molecular flexibility index (Phi) is 3.18. The van der Waals surface area contributed by atoms with Gasteiger partial charge in [0.1, 0.15) is 15.5 Å². The first-order valence-electron chi connectivity index (χ1n) is 3.61. The monoisotopic (exact) mass is 286 g/mol. The third-order valence-electron chi connectivity index (χ3n) is 1.63. The molecular formula is C6H7ClN2O5S2. The van der Waals surface area contributed by atoms with Crippen molar-refractivity contribution >= 4 is 31.6 Å². The van der Waals surface area contributed by atoms with Crippen LogP contribution in [0.25, 0.3) is 0 Å². The van der Waals surface area contributed by atoms with Gasteiger partial charge in [-0.3, -0.25) is 0 Å². The van der Waals surface area contributed by atoms with Crippen LogP contribution in [0.2, 0.25) is 5.02 Å². The van der Waals surface area contributed by atoms with Gasteiger partial charge in [0, 0.05) is 6.07 Å². The summed E-state index contributed by atoms with van der Waals surface area (Å²) >= 11 is 5.48. The van der Waals surface area contributed by atoms with E-state index in [0.29, 0.717) is 6.07 Å². The third kappa shape index (κ3) is 2.62. The molecule has 0 aliphatic rings. The lowest BCUT2D eigenvalue weighted by atomic mass is 10.3. The molecule has 0 saturated heterocycles. The number of hydrogen-bond donors (Lipinski definition) is 3. The number of hydrogen-bond acceptors (Lipinski definition) is 5. The number of aromatic hydroxyl groups is 1. The molecule has 0 aliphatic heterocycles. The maximum absolute atomic E-state index is 11.0. The van der Waals surface area contributed by atoms with Crippen LogP contribution in [0.1, 0.15) is 0 Å². The molecule has 1 aromatic rings. The van der Waals surface area contributed by atoms with Crippen molar-refractivity contribution in [2.75, 3.05) is 0 Å². The minimum Gasteiger partial charge on any atom is -0.506 e. The lowest BCUT2D eigenvalue weighted by Crippen LogP contribution is -2.16. The molecule has 90 valence electrons. The molecule has 10 heteroatoms. The number of phenolic OH excluding ortho intramolecular Hbond substituents is 1. The molecule has 1 aromatic carbocycles. The van der Waals surface area contributed by atoms with Gasteiger partial charge in [-0.1, -0.05) is 11.6 Å². The molecule has 7 nitrogen and oxygen atoms in total. The van der Waals surface area contributed by atoms with Crippen LogP contribution < -0.4 is 10.3 Å². The second kappa shape index (κ2) is 3.86. The fourth-order valence-electron chi connectivity index (χ4n) is 0.970. The molecule has 0 bridgehead atoms. The Bertz CT molecular complexity index is 584. The van der Waals surface area contributed by atoms with Crippen molar-refractivity contribution in [1.29, 1.82) is 0 Å². The normalized spacial score (nSPS) is 12.7. The Labute approximate surface area is 96.7 Å². The average molecular weight is 287 g/mol. The van der Waals surface area contributed by atoms with Gasteiger partial charge in [0.15, 0.2) is 0 Å². The van der Waals surface area contributed by atoms with E-state index in [0.717, 1.165) is 6.07 Å². The SMILES string of the molecule is NS(=O)(=O)c1cc(S(N)(=O)=O)c(Cl)cc1O. The van der Waals surface area contributed by atoms with Crippen LogP contribution in [-0.4, -0.2) is 21.9 Å². The van der Waals surface area contributed by atoms with E-state index in [-0.39, 0.29) is 0 Å². The largest absolute Gasteiger partial charge is 0.506 e. The van der Waals surface area contributed by atoms with E-state index in [9.17, 15) is 21.9 Å². The van der Waals surface area contributed by atoms with Gasteiger partial charge in [0.05, 0.1) is 5.02 Å². The molecule has 0 aliphatic carbocycles. The van der Waals surface area contributed by atoms with Crippen molar-refractivity contribution in [3.05, 3.63) is 17.2 Å². The van der Waals surface area contributed by atoms with Crippen LogP contribution in [0.15, 0.2) is 21.9 Å². The van der Waals surface area contributed by atoms with E-state index in [1.807, 2.05) is 0 Å². The fourth-order valence-corrected chi connectivity index (χ4v) is 2.77. The number of benzene rings is 1. The summed E-state index contributed by atoms with van der Waals surface area (Å²) in [6, 6.07) is 1.34. The number of phenols is 1. The summed E-state index contributed by atoms with van der Waals surface area (Å²) in [4.78, 5) is -1.39. The minimum absolute atomic E-state index is 0.396. The summed E-state index contributed by atoms with van der Waals surface area (Å²) < 4.78 is 44.0. The maximum Gasteiger partial charge on any atom is 0.241 e. The third-order valence-corrected chi connectivity index (χ3v) is 3.94. The van der Waals surface area contributed by atoms with Crippen LogP contribution in [-0.2, 0) is 20.0 Å². The summed E-state index contributed by atoms with van der Waals surface area (Å²) in [5.74, 6) is -0.750. The number of primary sulfonamides is 2. The van der Waals surface area contributed by atoms with Gasteiger partial charge in [0.2, 0.25) is 20.0 Å². The second-order valence-electron chi connectivity index (χ2n) is 2.84. The van der Waals surface area contributed by atoms with Gasteiger partial charge in [-0.05, 0) is 6.07 Å². The van der Waals surface area contributed by atoms with Gasteiger partial charge in [-0.25, -0.2) is 27.1 Å². The van der Waals surface area contributed by atoms with Crippen molar-refractivity contribution in [3.63, 3.8) is 0 Å². The van der Waals surface area contributed by atoms with Crippen LogP contribution in [0.5, 0.6) is 5.75 Å². The lowest BCUT2D eigenvalue weighted by molar-refractivity contribution is 0.458. The molecule has 5 N–H and O–H groups in total. The zero-order valence-electron chi connectivity index (χ0n) is 7.58. The van der Waals surface area contributed by atoms with E-state index in [1.54, 1.807) is 0 Å². The minimum atomic E-state index is -4.26. The molecular weight excluding hydrogens is 280 g/mol. The zero-order valence-corrected chi connectivity index (χ0v) is 9.97. The highest BCUT2D eigenvalue weighted by Gasteiger charge is 2.21. The highest BCUT2D eigenvalue weighted by atomic mass is 35.5. The fraction of sp³-hybridized carbons (Fsp3) is 0. The van der Waals surface area contributed by atoms with Crippen molar-refractivity contribution < 1.29 is 21.9 Å². The molecule has 0 radical (unpaired) electrons. The van der Waals surface area contributed by atoms with Crippen molar-refractivity contribution in [2.24, 2.45) is 10.3 Å². The molecule has 16 heavy (non-hydrogen) atoms. The van der Waals surface area contributed by atoms with E-state index in [1.165, 1.54) is 0 Å². The van der Waals surface area contributed by atoms with Gasteiger partial charge < -0.3 is 5.11 Å². The predicted octanol–water partition coefficient (Wildman–Crippen LogP) is -0.660. The Hall–Kier alpha value is -0.870. The Morgan fingerprint density at radius 2 is 1.44 bits per heavy atom. The van der Waals surface area contributed by atoms with Crippen molar-refractivity contribution in [1.82, 2.24) is 0 Å². The smallest absolute Gasteiger partial charge is 0.241 e. The van der Waals surface area contributed by atoms with E-state index >= 15 is 0 Å². The van der Waals surface area contributed by atoms with E-state index in [2.05, 4.69) is 0 Å². The Morgan fingerprint density at radius 1 is 1.00 bits per heavy atom. The molecule has 0 heterocycles. The molecule has 0 fully saturated rings. The summed E-state index contributed by atoms with van der Waals surface area (Å²) in [5, 5.41) is 18.4. The van der Waals surface area contributed by atoms with Crippen LogP contribution >= 0.6 is 11.6 Å². The zero-order chi connectivity index (χ0) is 12.7. The highest BCUT2D eigenvalue weighted by Crippen LogP contribution is 2.30.